The number of hydrogen-bond donors (Lipinski definition) is 2. The maximum atomic E-state index is 12.2. The molecule has 0 saturated carbocycles. The van der Waals surface area contributed by atoms with Crippen molar-refractivity contribution in [2.24, 2.45) is 10.2 Å². The molecule has 2 aromatic carbocycles. The quantitative estimate of drug-likeness (QED) is 0.378. The van der Waals surface area contributed by atoms with Gasteiger partial charge in [0.15, 0.2) is 5.69 Å². The summed E-state index contributed by atoms with van der Waals surface area (Å²) in [5, 5.41) is 21.0. The third kappa shape index (κ3) is 5.73. The largest absolute Gasteiger partial charge is 0.494 e. The highest BCUT2D eigenvalue weighted by Crippen LogP contribution is 2.38. The Kier molecular flexibility index (Phi) is 7.74. The van der Waals surface area contributed by atoms with Gasteiger partial charge in [-0.1, -0.05) is 18.2 Å². The molecule has 33 heavy (non-hydrogen) atoms. The third-order valence-electron chi connectivity index (χ3n) is 4.60. The zero-order valence-electron chi connectivity index (χ0n) is 18.3. The van der Waals surface area contributed by atoms with Gasteiger partial charge < -0.3 is 19.9 Å². The number of carbonyl (C=O) groups is 3. The molecule has 0 unspecified atom stereocenters. The van der Waals surface area contributed by atoms with Gasteiger partial charge in [-0.3, -0.25) is 19.0 Å². The van der Waals surface area contributed by atoms with Crippen molar-refractivity contribution in [3.05, 3.63) is 54.1 Å². The number of rotatable bonds is 9. The number of aromatic hydroxyl groups is 1. The molecule has 0 aliphatic rings. The molecule has 10 nitrogen and oxygen atoms in total. The van der Waals surface area contributed by atoms with Crippen LogP contribution in [0.3, 0.4) is 0 Å². The minimum atomic E-state index is -0.712. The van der Waals surface area contributed by atoms with Crippen LogP contribution in [0.25, 0.3) is 10.9 Å². The Labute approximate surface area is 189 Å². The molecule has 2 N–H and O–H groups in total. The average molecular weight is 452 g/mol. The standard InChI is InChI=1S/C23H24N4O6/c1-3-32-16-11-9-15(10-12-16)22(30)24-13-19(28)25-26-21-17-7-5-6-8-18(17)27(23(21)31)14-20(29)33-4-2/h5-12,31H,3-4,13-14H2,1-2H3,(H,24,30). The normalized spacial score (nSPS) is 11.0. The van der Waals surface area contributed by atoms with Crippen LogP contribution < -0.4 is 10.1 Å². The van der Waals surface area contributed by atoms with Crippen LogP contribution in [0.4, 0.5) is 5.69 Å². The van der Waals surface area contributed by atoms with Crippen LogP contribution in [0.5, 0.6) is 11.6 Å². The van der Waals surface area contributed by atoms with E-state index in [0.29, 0.717) is 28.8 Å². The molecule has 0 spiro atoms. The summed E-state index contributed by atoms with van der Waals surface area (Å²) in [6.07, 6.45) is 0. The smallest absolute Gasteiger partial charge is 0.326 e. The number of benzene rings is 2. The van der Waals surface area contributed by atoms with E-state index in [1.807, 2.05) is 6.92 Å². The first-order valence-electron chi connectivity index (χ1n) is 10.4. The molecule has 1 heterocycles. The zero-order valence-corrected chi connectivity index (χ0v) is 18.3. The lowest BCUT2D eigenvalue weighted by atomic mass is 10.2. The van der Waals surface area contributed by atoms with E-state index in [1.54, 1.807) is 55.5 Å². The minimum Gasteiger partial charge on any atom is -0.494 e. The highest BCUT2D eigenvalue weighted by atomic mass is 16.5. The molecule has 0 saturated heterocycles. The maximum Gasteiger partial charge on any atom is 0.326 e. The molecular weight excluding hydrogens is 428 g/mol. The van der Waals surface area contributed by atoms with E-state index in [9.17, 15) is 19.5 Å². The van der Waals surface area contributed by atoms with Crippen molar-refractivity contribution in [3.63, 3.8) is 0 Å². The summed E-state index contributed by atoms with van der Waals surface area (Å²) in [4.78, 5) is 36.3. The summed E-state index contributed by atoms with van der Waals surface area (Å²) < 4.78 is 11.6. The average Bonchev–Trinajstić information content (AvgIpc) is 3.07. The number of hydrogen-bond acceptors (Lipinski definition) is 7. The van der Waals surface area contributed by atoms with E-state index in [-0.39, 0.29) is 31.3 Å². The van der Waals surface area contributed by atoms with Crippen LogP contribution in [0.2, 0.25) is 0 Å². The van der Waals surface area contributed by atoms with Gasteiger partial charge in [0, 0.05) is 10.9 Å². The van der Waals surface area contributed by atoms with E-state index in [4.69, 9.17) is 9.47 Å². The molecule has 0 aliphatic heterocycles. The molecule has 0 atom stereocenters. The number of aromatic nitrogens is 1. The molecule has 3 rings (SSSR count). The first-order chi connectivity index (χ1) is 15.9. The number of carbonyl (C=O) groups excluding carboxylic acids is 3. The van der Waals surface area contributed by atoms with Crippen molar-refractivity contribution in [1.82, 2.24) is 9.88 Å². The summed E-state index contributed by atoms with van der Waals surface area (Å²) in [7, 11) is 0. The number of para-hydroxylation sites is 1. The molecule has 0 aliphatic carbocycles. The van der Waals surface area contributed by atoms with Crippen molar-refractivity contribution < 1.29 is 29.0 Å². The van der Waals surface area contributed by atoms with Crippen molar-refractivity contribution >= 4 is 34.4 Å². The third-order valence-corrected chi connectivity index (χ3v) is 4.60. The molecule has 10 heteroatoms. The van der Waals surface area contributed by atoms with Crippen molar-refractivity contribution in [1.29, 1.82) is 0 Å². The summed E-state index contributed by atoms with van der Waals surface area (Å²) in [6.45, 7) is 3.67. The van der Waals surface area contributed by atoms with Gasteiger partial charge in [-0.25, -0.2) is 0 Å². The number of amides is 2. The fourth-order valence-corrected chi connectivity index (χ4v) is 3.13. The highest BCUT2D eigenvalue weighted by molar-refractivity contribution is 5.97. The van der Waals surface area contributed by atoms with Crippen LogP contribution in [0.1, 0.15) is 24.2 Å². The Bertz CT molecular complexity index is 1180. The summed E-state index contributed by atoms with van der Waals surface area (Å²) in [6, 6.07) is 13.4. The SMILES string of the molecule is CCOC(=O)Cn1c(O)c(N=NC(=O)CNC(=O)c2ccc(OCC)cc2)c2ccccc21. The van der Waals surface area contributed by atoms with Gasteiger partial charge in [-0.15, -0.1) is 10.2 Å². The van der Waals surface area contributed by atoms with Gasteiger partial charge in [0.1, 0.15) is 18.8 Å². The zero-order chi connectivity index (χ0) is 23.8. The van der Waals surface area contributed by atoms with Crippen LogP contribution in [-0.2, 0) is 20.9 Å². The summed E-state index contributed by atoms with van der Waals surface area (Å²) in [5.41, 5.74) is 0.942. The fourth-order valence-electron chi connectivity index (χ4n) is 3.13. The molecule has 2 amide bonds. The topological polar surface area (TPSA) is 132 Å². The molecule has 1 aromatic heterocycles. The van der Waals surface area contributed by atoms with E-state index in [2.05, 4.69) is 15.5 Å². The Morgan fingerprint density at radius 2 is 1.76 bits per heavy atom. The van der Waals surface area contributed by atoms with Gasteiger partial charge in [-0.05, 0) is 44.2 Å². The first kappa shape index (κ1) is 23.5. The predicted octanol–water partition coefficient (Wildman–Crippen LogP) is 3.35. The minimum absolute atomic E-state index is 0.0427. The van der Waals surface area contributed by atoms with E-state index < -0.39 is 17.8 Å². The fraction of sp³-hybridized carbons (Fsp3) is 0.261. The summed E-state index contributed by atoms with van der Waals surface area (Å²) in [5.74, 6) is -1.36. The lowest BCUT2D eigenvalue weighted by molar-refractivity contribution is -0.143. The van der Waals surface area contributed by atoms with Crippen molar-refractivity contribution in [2.45, 2.75) is 20.4 Å². The predicted molar refractivity (Wildman–Crippen MR) is 120 cm³/mol. The first-order valence-corrected chi connectivity index (χ1v) is 10.4. The summed E-state index contributed by atoms with van der Waals surface area (Å²) >= 11 is 0. The van der Waals surface area contributed by atoms with E-state index in [1.165, 1.54) is 4.57 Å². The van der Waals surface area contributed by atoms with Gasteiger partial charge in [0.2, 0.25) is 5.88 Å². The molecule has 3 aromatic rings. The van der Waals surface area contributed by atoms with E-state index in [0.717, 1.165) is 0 Å². The lowest BCUT2D eigenvalue weighted by Crippen LogP contribution is -2.28. The number of esters is 1. The second-order valence-electron chi connectivity index (χ2n) is 6.81. The molecule has 172 valence electrons. The second kappa shape index (κ2) is 10.9. The van der Waals surface area contributed by atoms with Gasteiger partial charge in [0.05, 0.1) is 18.7 Å². The van der Waals surface area contributed by atoms with E-state index >= 15 is 0 Å². The van der Waals surface area contributed by atoms with Crippen molar-refractivity contribution in [3.8, 4) is 11.6 Å². The molecular formula is C23H24N4O6. The lowest BCUT2D eigenvalue weighted by Gasteiger charge is -2.06. The van der Waals surface area contributed by atoms with Crippen molar-refractivity contribution in [2.75, 3.05) is 19.8 Å². The van der Waals surface area contributed by atoms with Crippen LogP contribution in [-0.4, -0.2) is 47.2 Å². The Morgan fingerprint density at radius 3 is 2.45 bits per heavy atom. The number of azo groups is 1. The number of ether oxygens (including phenoxy) is 2. The van der Waals surface area contributed by atoms with Gasteiger partial charge >= 0.3 is 5.97 Å². The highest BCUT2D eigenvalue weighted by Gasteiger charge is 2.19. The molecule has 0 bridgehead atoms. The van der Waals surface area contributed by atoms with Crippen LogP contribution >= 0.6 is 0 Å². The number of nitrogens with one attached hydrogen (secondary N) is 1. The number of fused-ring (bicyclic) bond motifs is 1. The Balaban J connectivity index is 1.69. The van der Waals surface area contributed by atoms with Crippen LogP contribution in [0.15, 0.2) is 58.8 Å². The van der Waals surface area contributed by atoms with Crippen LogP contribution in [0, 0.1) is 0 Å². The monoisotopic (exact) mass is 452 g/mol. The van der Waals surface area contributed by atoms with Gasteiger partial charge in [-0.2, -0.15) is 0 Å². The molecule has 0 fully saturated rings. The number of nitrogens with zero attached hydrogens (tertiary/aromatic N) is 3. The Hall–Kier alpha value is -4.21. The maximum absolute atomic E-state index is 12.2. The molecule has 0 radical (unpaired) electrons. The van der Waals surface area contributed by atoms with Gasteiger partial charge in [0.25, 0.3) is 11.8 Å². The Morgan fingerprint density at radius 1 is 1.03 bits per heavy atom. The second-order valence-corrected chi connectivity index (χ2v) is 6.81.